The molecule has 0 amide bonds. The van der Waals surface area contributed by atoms with Gasteiger partial charge in [-0.05, 0) is 23.8 Å². The van der Waals surface area contributed by atoms with Crippen LogP contribution in [-0.4, -0.2) is 26.7 Å². The third-order valence-electron chi connectivity index (χ3n) is 3.70. The maximum atomic E-state index is 12.2. The van der Waals surface area contributed by atoms with E-state index in [1.807, 2.05) is 30.3 Å². The van der Waals surface area contributed by atoms with E-state index in [-0.39, 0.29) is 30.2 Å². The summed E-state index contributed by atoms with van der Waals surface area (Å²) in [6.07, 6.45) is 1.11. The number of H-pyrrole nitrogens is 1. The van der Waals surface area contributed by atoms with Crippen LogP contribution in [0.2, 0.25) is 5.02 Å². The van der Waals surface area contributed by atoms with E-state index < -0.39 is 0 Å². The summed E-state index contributed by atoms with van der Waals surface area (Å²) < 4.78 is 5.83. The Bertz CT molecular complexity index is 893. The number of halogens is 1. The van der Waals surface area contributed by atoms with E-state index in [4.69, 9.17) is 16.3 Å². The summed E-state index contributed by atoms with van der Waals surface area (Å²) in [5.74, 6) is 0.106. The number of carbonyl (C=O) groups excluding carboxylic acids is 2. The van der Waals surface area contributed by atoms with Crippen molar-refractivity contribution in [3.63, 3.8) is 0 Å². The maximum absolute atomic E-state index is 12.2. The van der Waals surface area contributed by atoms with Gasteiger partial charge in [-0.1, -0.05) is 41.9 Å². The predicted molar refractivity (Wildman–Crippen MR) is 96.3 cm³/mol. The number of hydrogen-bond acceptors (Lipinski definition) is 5. The Labute approximate surface area is 155 Å². The van der Waals surface area contributed by atoms with Crippen LogP contribution in [0.4, 0.5) is 0 Å². The zero-order chi connectivity index (χ0) is 18.4. The minimum Gasteiger partial charge on any atom is -0.489 e. The van der Waals surface area contributed by atoms with Gasteiger partial charge in [-0.25, -0.2) is 4.98 Å². The van der Waals surface area contributed by atoms with E-state index in [0.29, 0.717) is 17.4 Å². The van der Waals surface area contributed by atoms with E-state index >= 15 is 0 Å². The first kappa shape index (κ1) is 17.8. The highest BCUT2D eigenvalue weighted by Crippen LogP contribution is 2.21. The quantitative estimate of drug-likeness (QED) is 0.485. The molecule has 26 heavy (non-hydrogen) atoms. The van der Waals surface area contributed by atoms with E-state index in [9.17, 15) is 9.59 Å². The number of rotatable bonds is 8. The molecule has 3 rings (SSSR count). The number of carbonyl (C=O) groups is 2. The number of nitrogens with zero attached hydrogens (tertiary/aromatic N) is 2. The number of Topliss-reactive ketones (excluding diaryl/α,β-unsaturated/α-hetero) is 2. The van der Waals surface area contributed by atoms with Crippen molar-refractivity contribution in [1.29, 1.82) is 0 Å². The highest BCUT2D eigenvalue weighted by molar-refractivity contribution is 6.30. The van der Waals surface area contributed by atoms with Crippen molar-refractivity contribution in [3.05, 3.63) is 76.8 Å². The number of aromatic amines is 1. The summed E-state index contributed by atoms with van der Waals surface area (Å²) in [5.41, 5.74) is 1.70. The Morgan fingerprint density at radius 1 is 1.08 bits per heavy atom. The fourth-order valence-corrected chi connectivity index (χ4v) is 2.54. The first-order valence-corrected chi connectivity index (χ1v) is 8.35. The van der Waals surface area contributed by atoms with Gasteiger partial charge in [0.15, 0.2) is 5.82 Å². The fraction of sp³-hybridized carbons (Fsp3) is 0.158. The van der Waals surface area contributed by atoms with Gasteiger partial charge in [0.05, 0.1) is 6.42 Å². The van der Waals surface area contributed by atoms with Crippen LogP contribution in [0.3, 0.4) is 0 Å². The molecule has 1 heterocycles. The van der Waals surface area contributed by atoms with Crippen LogP contribution in [0.15, 0.2) is 54.9 Å². The molecule has 7 heteroatoms. The molecule has 0 unspecified atom stereocenters. The molecular formula is C19H16ClN3O3. The third kappa shape index (κ3) is 4.77. The largest absolute Gasteiger partial charge is 0.489 e. The lowest BCUT2D eigenvalue weighted by Gasteiger charge is -2.11. The first-order valence-electron chi connectivity index (χ1n) is 7.97. The zero-order valence-electron chi connectivity index (χ0n) is 13.8. The van der Waals surface area contributed by atoms with E-state index in [0.717, 1.165) is 11.1 Å². The molecule has 1 aromatic heterocycles. The highest BCUT2D eigenvalue weighted by Gasteiger charge is 2.16. The molecule has 0 radical (unpaired) electrons. The molecule has 0 saturated carbocycles. The van der Waals surface area contributed by atoms with Crippen LogP contribution >= 0.6 is 11.6 Å². The number of hydrogen-bond donors (Lipinski definition) is 1. The molecule has 6 nitrogen and oxygen atoms in total. The molecule has 0 atom stereocenters. The number of benzene rings is 2. The van der Waals surface area contributed by atoms with Crippen molar-refractivity contribution in [1.82, 2.24) is 15.2 Å². The van der Waals surface area contributed by atoms with Gasteiger partial charge in [0.2, 0.25) is 5.78 Å². The molecule has 0 bridgehead atoms. The Morgan fingerprint density at radius 2 is 1.85 bits per heavy atom. The van der Waals surface area contributed by atoms with Gasteiger partial charge in [-0.2, -0.15) is 5.10 Å². The standard InChI is InChI=1S/C19H16ClN3O3/c20-15-7-5-13(6-8-15)11-26-18-4-2-1-3-14(18)9-16(24)10-17(25)19-21-12-22-23-19/h1-8,12H,9-11H2,(H,21,22,23). The minimum atomic E-state index is -0.382. The smallest absolute Gasteiger partial charge is 0.206 e. The van der Waals surface area contributed by atoms with Crippen LogP contribution in [0.25, 0.3) is 0 Å². The van der Waals surface area contributed by atoms with Crippen molar-refractivity contribution >= 4 is 23.2 Å². The Morgan fingerprint density at radius 3 is 2.58 bits per heavy atom. The predicted octanol–water partition coefficient (Wildman–Crippen LogP) is 3.42. The van der Waals surface area contributed by atoms with Crippen LogP contribution in [0.1, 0.15) is 28.2 Å². The average molecular weight is 370 g/mol. The summed E-state index contributed by atoms with van der Waals surface area (Å²) in [5, 5.41) is 6.74. The van der Waals surface area contributed by atoms with Gasteiger partial charge in [-0.3, -0.25) is 14.7 Å². The van der Waals surface area contributed by atoms with Crippen molar-refractivity contribution in [2.24, 2.45) is 0 Å². The van der Waals surface area contributed by atoms with Crippen LogP contribution in [-0.2, 0) is 17.8 Å². The lowest BCUT2D eigenvalue weighted by molar-refractivity contribution is -0.117. The summed E-state index contributed by atoms with van der Waals surface area (Å²) in [7, 11) is 0. The van der Waals surface area contributed by atoms with Crippen molar-refractivity contribution in [2.45, 2.75) is 19.4 Å². The molecule has 3 aromatic rings. The van der Waals surface area contributed by atoms with E-state index in [1.165, 1.54) is 6.33 Å². The van der Waals surface area contributed by atoms with Gasteiger partial charge in [0.1, 0.15) is 24.5 Å². The molecule has 0 saturated heterocycles. The molecular weight excluding hydrogens is 354 g/mol. The van der Waals surface area contributed by atoms with Gasteiger partial charge >= 0.3 is 0 Å². The molecule has 2 aromatic carbocycles. The number of aromatic nitrogens is 3. The van der Waals surface area contributed by atoms with Gasteiger partial charge in [0, 0.05) is 17.0 Å². The van der Waals surface area contributed by atoms with Crippen LogP contribution in [0, 0.1) is 0 Å². The summed E-state index contributed by atoms with van der Waals surface area (Å²) in [4.78, 5) is 27.9. The Balaban J connectivity index is 1.62. The maximum Gasteiger partial charge on any atom is 0.206 e. The third-order valence-corrected chi connectivity index (χ3v) is 3.96. The summed E-state index contributed by atoms with van der Waals surface area (Å²) >= 11 is 5.87. The van der Waals surface area contributed by atoms with Crippen molar-refractivity contribution in [2.75, 3.05) is 0 Å². The van der Waals surface area contributed by atoms with Gasteiger partial charge in [-0.15, -0.1) is 0 Å². The SMILES string of the molecule is O=C(CC(=O)c1ncn[nH]1)Cc1ccccc1OCc1ccc(Cl)cc1. The van der Waals surface area contributed by atoms with Crippen molar-refractivity contribution < 1.29 is 14.3 Å². The normalized spacial score (nSPS) is 10.5. The number of nitrogens with one attached hydrogen (secondary N) is 1. The first-order chi connectivity index (χ1) is 12.6. The molecule has 0 spiro atoms. The minimum absolute atomic E-state index is 0.0885. The topological polar surface area (TPSA) is 84.9 Å². The molecule has 0 aliphatic rings. The Hall–Kier alpha value is -2.99. The van der Waals surface area contributed by atoms with E-state index in [1.54, 1.807) is 18.2 Å². The van der Waals surface area contributed by atoms with Crippen molar-refractivity contribution in [3.8, 4) is 5.75 Å². The summed E-state index contributed by atoms with van der Waals surface area (Å²) in [6.45, 7) is 0.360. The number of ketones is 2. The second-order valence-electron chi connectivity index (χ2n) is 5.67. The van der Waals surface area contributed by atoms with Gasteiger partial charge in [0.25, 0.3) is 0 Å². The van der Waals surface area contributed by atoms with Gasteiger partial charge < -0.3 is 4.74 Å². The molecule has 0 aliphatic heterocycles. The molecule has 1 N–H and O–H groups in total. The second-order valence-corrected chi connectivity index (χ2v) is 6.11. The highest BCUT2D eigenvalue weighted by atomic mass is 35.5. The lowest BCUT2D eigenvalue weighted by atomic mass is 10.0. The molecule has 132 valence electrons. The Kier molecular flexibility index (Phi) is 5.76. The van der Waals surface area contributed by atoms with Crippen LogP contribution < -0.4 is 4.74 Å². The lowest BCUT2D eigenvalue weighted by Crippen LogP contribution is -2.12. The number of ether oxygens (including phenoxy) is 1. The van der Waals surface area contributed by atoms with E-state index in [2.05, 4.69) is 15.2 Å². The van der Waals surface area contributed by atoms with Crippen LogP contribution in [0.5, 0.6) is 5.75 Å². The molecule has 0 aliphatic carbocycles. The molecule has 0 fully saturated rings. The fourth-order valence-electron chi connectivity index (χ4n) is 2.41. The average Bonchev–Trinajstić information content (AvgIpc) is 3.17. The monoisotopic (exact) mass is 369 g/mol. The number of para-hydroxylation sites is 1. The second kappa shape index (κ2) is 8.40. The summed E-state index contributed by atoms with van der Waals surface area (Å²) in [6, 6.07) is 14.6. The zero-order valence-corrected chi connectivity index (χ0v) is 14.6.